The summed E-state index contributed by atoms with van der Waals surface area (Å²) in [6.45, 7) is 4.25. The molecule has 3 heterocycles. The topological polar surface area (TPSA) is 83.7 Å². The average Bonchev–Trinajstić information content (AvgIpc) is 3.32. The maximum atomic E-state index is 13.0. The molecule has 3 fully saturated rings. The summed E-state index contributed by atoms with van der Waals surface area (Å²) in [6.07, 6.45) is 3.68. The molecule has 4 atom stereocenters. The van der Waals surface area contributed by atoms with Crippen LogP contribution in [0.3, 0.4) is 0 Å². The number of aryl methyl sites for hydroxylation is 1. The highest BCUT2D eigenvalue weighted by molar-refractivity contribution is 7.91. The normalized spacial score (nSPS) is 31.6. The lowest BCUT2D eigenvalue weighted by Gasteiger charge is -2.33. The first-order valence-corrected chi connectivity index (χ1v) is 11.7. The number of likely N-dealkylation sites (tertiary alicyclic amines) is 1. The highest BCUT2D eigenvalue weighted by atomic mass is 35.5. The fourth-order valence-corrected chi connectivity index (χ4v) is 7.75. The molecule has 0 aromatic carbocycles. The van der Waals surface area contributed by atoms with Crippen LogP contribution in [0.15, 0.2) is 16.3 Å². The molecule has 152 valence electrons. The van der Waals surface area contributed by atoms with Crippen molar-refractivity contribution in [1.29, 1.82) is 0 Å². The van der Waals surface area contributed by atoms with Crippen molar-refractivity contribution in [2.24, 2.45) is 23.5 Å². The van der Waals surface area contributed by atoms with Crippen LogP contribution in [0, 0.1) is 24.7 Å². The second-order valence-electron chi connectivity index (χ2n) is 7.98. The lowest BCUT2D eigenvalue weighted by atomic mass is 9.98. The van der Waals surface area contributed by atoms with Crippen LogP contribution in [0.2, 0.25) is 0 Å². The minimum absolute atomic E-state index is 0. The maximum absolute atomic E-state index is 13.0. The predicted octanol–water partition coefficient (Wildman–Crippen LogP) is 2.07. The van der Waals surface area contributed by atoms with Gasteiger partial charge in [0, 0.05) is 37.1 Å². The number of amides is 1. The molecule has 0 spiro atoms. The van der Waals surface area contributed by atoms with Crippen molar-refractivity contribution in [1.82, 2.24) is 9.21 Å². The summed E-state index contributed by atoms with van der Waals surface area (Å²) >= 11 is 1.30. The van der Waals surface area contributed by atoms with Crippen LogP contribution < -0.4 is 5.73 Å². The Morgan fingerprint density at radius 3 is 2.63 bits per heavy atom. The molecule has 1 saturated carbocycles. The number of carbonyl (C=O) groups is 1. The van der Waals surface area contributed by atoms with E-state index in [4.69, 9.17) is 5.73 Å². The first kappa shape index (κ1) is 21.0. The molecule has 1 amide bonds. The first-order valence-electron chi connectivity index (χ1n) is 9.47. The Morgan fingerprint density at radius 1 is 1.19 bits per heavy atom. The average molecular weight is 434 g/mol. The molecule has 2 saturated heterocycles. The van der Waals surface area contributed by atoms with Gasteiger partial charge in [-0.15, -0.1) is 23.7 Å². The number of nitrogens with zero attached hydrogens (tertiary/aromatic N) is 2. The number of carbonyl (C=O) groups excluding carboxylic acids is 1. The molecular weight excluding hydrogens is 406 g/mol. The zero-order chi connectivity index (χ0) is 18.5. The predicted molar refractivity (Wildman–Crippen MR) is 109 cm³/mol. The van der Waals surface area contributed by atoms with Crippen LogP contribution in [0.25, 0.3) is 0 Å². The van der Waals surface area contributed by atoms with Gasteiger partial charge in [0.1, 0.15) is 4.21 Å². The molecule has 9 heteroatoms. The molecule has 27 heavy (non-hydrogen) atoms. The third-order valence-corrected chi connectivity index (χ3v) is 9.60. The summed E-state index contributed by atoms with van der Waals surface area (Å²) in [7, 11) is -3.49. The Labute approximate surface area is 171 Å². The molecular formula is C18H28ClN3O3S2. The van der Waals surface area contributed by atoms with Gasteiger partial charge in [-0.25, -0.2) is 8.42 Å². The highest BCUT2D eigenvalue weighted by Gasteiger charge is 2.44. The number of fused-ring (bicyclic) bond motifs is 1. The maximum Gasteiger partial charge on any atom is 0.252 e. The van der Waals surface area contributed by atoms with E-state index in [0.717, 1.165) is 43.6 Å². The van der Waals surface area contributed by atoms with Gasteiger partial charge in [-0.1, -0.05) is 0 Å². The van der Waals surface area contributed by atoms with Crippen LogP contribution in [-0.2, 0) is 14.8 Å². The molecule has 3 aliphatic rings. The molecule has 1 aromatic rings. The summed E-state index contributed by atoms with van der Waals surface area (Å²) in [4.78, 5) is 15.9. The number of nitrogens with two attached hydrogens (primary N) is 1. The Morgan fingerprint density at radius 2 is 1.96 bits per heavy atom. The smallest absolute Gasteiger partial charge is 0.252 e. The number of halogens is 1. The minimum atomic E-state index is -3.49. The summed E-state index contributed by atoms with van der Waals surface area (Å²) in [5, 5.41) is 0. The van der Waals surface area contributed by atoms with E-state index in [0.29, 0.717) is 29.1 Å². The number of hydrogen-bond acceptors (Lipinski definition) is 5. The number of thiophene rings is 1. The van der Waals surface area contributed by atoms with Crippen LogP contribution >= 0.6 is 23.7 Å². The molecule has 1 aromatic heterocycles. The number of rotatable bonds is 3. The second kappa shape index (κ2) is 7.99. The minimum Gasteiger partial charge on any atom is -0.342 e. The van der Waals surface area contributed by atoms with Crippen molar-refractivity contribution >= 4 is 39.7 Å². The van der Waals surface area contributed by atoms with Crippen molar-refractivity contribution in [3.05, 3.63) is 17.0 Å². The van der Waals surface area contributed by atoms with Crippen molar-refractivity contribution in [3.8, 4) is 0 Å². The molecule has 2 aliphatic heterocycles. The van der Waals surface area contributed by atoms with Crippen molar-refractivity contribution in [2.75, 3.05) is 26.2 Å². The summed E-state index contributed by atoms with van der Waals surface area (Å²) in [6, 6.07) is 3.71. The van der Waals surface area contributed by atoms with Gasteiger partial charge in [-0.2, -0.15) is 4.31 Å². The second-order valence-corrected chi connectivity index (χ2v) is 11.4. The molecule has 2 N–H and O–H groups in total. The van der Waals surface area contributed by atoms with Gasteiger partial charge in [-0.05, 0) is 56.6 Å². The molecule has 6 nitrogen and oxygen atoms in total. The zero-order valence-corrected chi connectivity index (χ0v) is 18.0. The highest BCUT2D eigenvalue weighted by Crippen LogP contribution is 2.38. The Hall–Kier alpha value is -0.670. The van der Waals surface area contributed by atoms with Gasteiger partial charge >= 0.3 is 0 Å². The number of sulfonamides is 1. The first-order chi connectivity index (χ1) is 12.4. The lowest BCUT2D eigenvalue weighted by molar-refractivity contribution is -0.135. The summed E-state index contributed by atoms with van der Waals surface area (Å²) in [5.74, 6) is 0.853. The third kappa shape index (κ3) is 3.92. The van der Waals surface area contributed by atoms with Crippen LogP contribution in [0.1, 0.15) is 30.6 Å². The van der Waals surface area contributed by atoms with Crippen molar-refractivity contribution < 1.29 is 13.2 Å². The van der Waals surface area contributed by atoms with Crippen molar-refractivity contribution in [3.63, 3.8) is 0 Å². The molecule has 0 bridgehead atoms. The molecule has 0 radical (unpaired) electrons. The number of hydrogen-bond donors (Lipinski definition) is 1. The van der Waals surface area contributed by atoms with Gasteiger partial charge in [0.15, 0.2) is 0 Å². The number of piperidine rings is 1. The Bertz CT molecular complexity index is 798. The van der Waals surface area contributed by atoms with Gasteiger partial charge < -0.3 is 10.6 Å². The lowest BCUT2D eigenvalue weighted by Crippen LogP contribution is -2.46. The van der Waals surface area contributed by atoms with E-state index in [-0.39, 0.29) is 30.3 Å². The molecule has 4 rings (SSSR count). The summed E-state index contributed by atoms with van der Waals surface area (Å²) in [5.41, 5.74) is 6.18. The monoisotopic (exact) mass is 433 g/mol. The van der Waals surface area contributed by atoms with Gasteiger partial charge in [0.25, 0.3) is 10.0 Å². The van der Waals surface area contributed by atoms with Crippen LogP contribution in [0.4, 0.5) is 0 Å². The molecule has 1 aliphatic carbocycles. The van der Waals surface area contributed by atoms with E-state index in [2.05, 4.69) is 0 Å². The van der Waals surface area contributed by atoms with Crippen molar-refractivity contribution in [2.45, 2.75) is 42.9 Å². The van der Waals surface area contributed by atoms with Gasteiger partial charge in [-0.3, -0.25) is 4.79 Å². The van der Waals surface area contributed by atoms with Gasteiger partial charge in [0.05, 0.1) is 5.92 Å². The van der Waals surface area contributed by atoms with E-state index in [1.165, 1.54) is 15.6 Å². The van der Waals surface area contributed by atoms with E-state index in [1.54, 1.807) is 6.07 Å². The van der Waals surface area contributed by atoms with Crippen LogP contribution in [-0.4, -0.2) is 55.8 Å². The fraction of sp³-hybridized carbons (Fsp3) is 0.722. The quantitative estimate of drug-likeness (QED) is 0.790. The van der Waals surface area contributed by atoms with E-state index >= 15 is 0 Å². The largest absolute Gasteiger partial charge is 0.342 e. The zero-order valence-electron chi connectivity index (χ0n) is 15.5. The fourth-order valence-electron chi connectivity index (χ4n) is 4.79. The standard InChI is InChI=1S/C18H27N3O3S2.ClH/c1-12-4-7-17(25-12)26(23,24)21-8-2-3-14(10-21)18(22)20-9-13-5-6-16(19)15(13)11-20;/h4,7,13-16H,2-3,5-6,8-11,19H2,1H3;1H. The summed E-state index contributed by atoms with van der Waals surface area (Å²) < 4.78 is 27.7. The Balaban J connectivity index is 0.00000210. The third-order valence-electron chi connectivity index (χ3n) is 6.27. The Kier molecular flexibility index (Phi) is 6.23. The molecule has 4 unspecified atom stereocenters. The van der Waals surface area contributed by atoms with E-state index in [1.807, 2.05) is 17.9 Å². The SMILES string of the molecule is Cc1ccc(S(=O)(=O)N2CCCC(C(=O)N3CC4CCC(N)C4C3)C2)s1.Cl. The van der Waals surface area contributed by atoms with Crippen LogP contribution in [0.5, 0.6) is 0 Å². The van der Waals surface area contributed by atoms with E-state index < -0.39 is 10.0 Å². The van der Waals surface area contributed by atoms with Gasteiger partial charge in [0.2, 0.25) is 5.91 Å². The van der Waals surface area contributed by atoms with E-state index in [9.17, 15) is 13.2 Å².